The third-order valence-corrected chi connectivity index (χ3v) is 5.01. The summed E-state index contributed by atoms with van der Waals surface area (Å²) in [7, 11) is -2.25. The summed E-state index contributed by atoms with van der Waals surface area (Å²) >= 11 is 0. The Morgan fingerprint density at radius 2 is 1.85 bits per heavy atom. The number of amides is 1. The molecule has 0 unspecified atom stereocenters. The van der Waals surface area contributed by atoms with Crippen LogP contribution >= 0.6 is 0 Å². The monoisotopic (exact) mass is 378 g/mol. The first-order chi connectivity index (χ1) is 12.4. The number of methoxy groups -OCH3 is 1. The highest BCUT2D eigenvalue weighted by Crippen LogP contribution is 2.23. The van der Waals surface area contributed by atoms with Crippen LogP contribution in [-0.4, -0.2) is 28.0 Å². The number of sulfonamides is 1. The van der Waals surface area contributed by atoms with Crippen molar-refractivity contribution in [2.75, 3.05) is 13.7 Å². The molecule has 0 aliphatic carbocycles. The van der Waals surface area contributed by atoms with Gasteiger partial charge in [0, 0.05) is 6.54 Å². The van der Waals surface area contributed by atoms with Crippen LogP contribution in [0.2, 0.25) is 0 Å². The number of carbonyl (C=O) groups excluding carboxylic acids is 1. The van der Waals surface area contributed by atoms with Crippen molar-refractivity contribution in [3.05, 3.63) is 53.6 Å². The topological polar surface area (TPSA) is 108 Å². The lowest BCUT2D eigenvalue weighted by molar-refractivity contribution is 0.0996. The summed E-state index contributed by atoms with van der Waals surface area (Å²) in [4.78, 5) is 11.6. The van der Waals surface area contributed by atoms with Gasteiger partial charge in [-0.05, 0) is 42.3 Å². The number of nitrogens with two attached hydrogens (primary N) is 1. The Kier molecular flexibility index (Phi) is 6.59. The van der Waals surface area contributed by atoms with Crippen LogP contribution in [-0.2, 0) is 16.6 Å². The van der Waals surface area contributed by atoms with E-state index in [-0.39, 0.29) is 22.8 Å². The Hall–Kier alpha value is -2.58. The van der Waals surface area contributed by atoms with E-state index in [2.05, 4.69) is 4.72 Å². The van der Waals surface area contributed by atoms with Crippen molar-refractivity contribution in [2.24, 2.45) is 5.73 Å². The normalized spacial score (nSPS) is 11.2. The Bertz CT molecular complexity index is 864. The number of rotatable bonds is 9. The van der Waals surface area contributed by atoms with Crippen LogP contribution in [0.15, 0.2) is 47.4 Å². The molecule has 0 atom stereocenters. The third-order valence-electron chi connectivity index (χ3n) is 3.61. The first-order valence-electron chi connectivity index (χ1n) is 8.06. The van der Waals surface area contributed by atoms with Crippen LogP contribution in [0.5, 0.6) is 11.5 Å². The van der Waals surface area contributed by atoms with E-state index in [0.717, 1.165) is 12.0 Å². The van der Waals surface area contributed by atoms with Crippen molar-refractivity contribution >= 4 is 15.9 Å². The Morgan fingerprint density at radius 3 is 2.42 bits per heavy atom. The molecule has 0 fully saturated rings. The van der Waals surface area contributed by atoms with Crippen LogP contribution < -0.4 is 19.9 Å². The Balaban J connectivity index is 2.18. The van der Waals surface area contributed by atoms with Gasteiger partial charge in [-0.25, -0.2) is 13.1 Å². The molecule has 0 heterocycles. The summed E-state index contributed by atoms with van der Waals surface area (Å²) in [5.41, 5.74) is 6.15. The maximum absolute atomic E-state index is 12.5. The fourth-order valence-corrected chi connectivity index (χ4v) is 3.26. The highest BCUT2D eigenvalue weighted by molar-refractivity contribution is 7.89. The molecule has 1 amide bonds. The lowest BCUT2D eigenvalue weighted by Gasteiger charge is -2.12. The minimum absolute atomic E-state index is 0.0331. The van der Waals surface area contributed by atoms with E-state index in [0.29, 0.717) is 12.4 Å². The Labute approximate surface area is 153 Å². The molecule has 3 N–H and O–H groups in total. The van der Waals surface area contributed by atoms with Gasteiger partial charge in [0.1, 0.15) is 11.5 Å². The van der Waals surface area contributed by atoms with E-state index in [1.807, 2.05) is 6.92 Å². The predicted molar refractivity (Wildman–Crippen MR) is 97.8 cm³/mol. The number of benzene rings is 2. The van der Waals surface area contributed by atoms with Crippen molar-refractivity contribution in [2.45, 2.75) is 24.8 Å². The van der Waals surface area contributed by atoms with Gasteiger partial charge in [0.05, 0.1) is 24.2 Å². The summed E-state index contributed by atoms with van der Waals surface area (Å²) in [6.07, 6.45) is 0.752. The zero-order valence-corrected chi connectivity index (χ0v) is 15.5. The van der Waals surface area contributed by atoms with Crippen LogP contribution in [0.4, 0.5) is 0 Å². The van der Waals surface area contributed by atoms with E-state index in [1.54, 1.807) is 31.4 Å². The molecule has 140 valence electrons. The van der Waals surface area contributed by atoms with Gasteiger partial charge < -0.3 is 15.2 Å². The molecule has 2 aromatic carbocycles. The zero-order chi connectivity index (χ0) is 19.2. The quantitative estimate of drug-likeness (QED) is 0.694. The molecule has 0 spiro atoms. The minimum Gasteiger partial charge on any atom is -0.497 e. The maximum atomic E-state index is 12.5. The number of primary amides is 1. The molecule has 0 bridgehead atoms. The molecular formula is C18H22N2O5S. The molecule has 0 aliphatic rings. The van der Waals surface area contributed by atoms with Crippen molar-refractivity contribution in [3.63, 3.8) is 0 Å². The van der Waals surface area contributed by atoms with E-state index in [1.165, 1.54) is 18.2 Å². The smallest absolute Gasteiger partial charge is 0.252 e. The second-order valence-electron chi connectivity index (χ2n) is 5.54. The fraction of sp³-hybridized carbons (Fsp3) is 0.278. The highest BCUT2D eigenvalue weighted by atomic mass is 32.2. The molecule has 0 aliphatic heterocycles. The number of hydrogen-bond donors (Lipinski definition) is 2. The van der Waals surface area contributed by atoms with E-state index >= 15 is 0 Å². The molecule has 2 rings (SSSR count). The van der Waals surface area contributed by atoms with Crippen molar-refractivity contribution < 1.29 is 22.7 Å². The van der Waals surface area contributed by atoms with Gasteiger partial charge in [0.2, 0.25) is 10.0 Å². The first kappa shape index (κ1) is 19.7. The molecule has 2 aromatic rings. The third kappa shape index (κ3) is 4.96. The van der Waals surface area contributed by atoms with Crippen LogP contribution in [0.25, 0.3) is 0 Å². The van der Waals surface area contributed by atoms with Gasteiger partial charge in [-0.1, -0.05) is 19.1 Å². The predicted octanol–water partition coefficient (Wildman–Crippen LogP) is 2.06. The largest absolute Gasteiger partial charge is 0.497 e. The maximum Gasteiger partial charge on any atom is 0.252 e. The second kappa shape index (κ2) is 8.68. The lowest BCUT2D eigenvalue weighted by Crippen LogP contribution is -2.24. The zero-order valence-electron chi connectivity index (χ0n) is 14.7. The molecule has 0 saturated carbocycles. The molecule has 7 nitrogen and oxygen atoms in total. The van der Waals surface area contributed by atoms with E-state index in [4.69, 9.17) is 15.2 Å². The lowest BCUT2D eigenvalue weighted by atomic mass is 10.2. The standard InChI is InChI=1S/C18H22N2O5S/c1-3-10-25-17-9-8-15(11-16(17)18(19)21)26(22,23)20-12-13-4-6-14(24-2)7-5-13/h4-9,11,20H,3,10,12H2,1-2H3,(H2,19,21). The van der Waals surface area contributed by atoms with Gasteiger partial charge >= 0.3 is 0 Å². The SMILES string of the molecule is CCCOc1ccc(S(=O)(=O)NCc2ccc(OC)cc2)cc1C(N)=O. The minimum atomic E-state index is -3.81. The van der Waals surface area contributed by atoms with E-state index in [9.17, 15) is 13.2 Å². The van der Waals surface area contributed by atoms with Crippen LogP contribution in [0, 0.1) is 0 Å². The van der Waals surface area contributed by atoms with Gasteiger partial charge in [0.25, 0.3) is 5.91 Å². The first-order valence-corrected chi connectivity index (χ1v) is 9.55. The van der Waals surface area contributed by atoms with Crippen molar-refractivity contribution in [1.82, 2.24) is 4.72 Å². The number of hydrogen-bond acceptors (Lipinski definition) is 5. The molecule has 8 heteroatoms. The summed E-state index contributed by atoms with van der Waals surface area (Å²) in [6, 6.07) is 11.1. The van der Waals surface area contributed by atoms with Crippen molar-refractivity contribution in [3.8, 4) is 11.5 Å². The van der Waals surface area contributed by atoms with Gasteiger partial charge in [0.15, 0.2) is 0 Å². The second-order valence-corrected chi connectivity index (χ2v) is 7.31. The van der Waals surface area contributed by atoms with Crippen LogP contribution in [0.3, 0.4) is 0 Å². The average Bonchev–Trinajstić information content (AvgIpc) is 2.65. The van der Waals surface area contributed by atoms with Gasteiger partial charge in [-0.2, -0.15) is 0 Å². The average molecular weight is 378 g/mol. The number of nitrogens with one attached hydrogen (secondary N) is 1. The molecule has 0 aromatic heterocycles. The van der Waals surface area contributed by atoms with E-state index < -0.39 is 15.9 Å². The molecule has 0 saturated heterocycles. The summed E-state index contributed by atoms with van der Waals surface area (Å²) in [5, 5.41) is 0. The Morgan fingerprint density at radius 1 is 1.15 bits per heavy atom. The number of carbonyl (C=O) groups is 1. The summed E-state index contributed by atoms with van der Waals surface area (Å²) in [5.74, 6) is 0.210. The van der Waals surface area contributed by atoms with Gasteiger partial charge in [-0.15, -0.1) is 0 Å². The van der Waals surface area contributed by atoms with Crippen molar-refractivity contribution in [1.29, 1.82) is 0 Å². The molecular weight excluding hydrogens is 356 g/mol. The van der Waals surface area contributed by atoms with Crippen LogP contribution in [0.1, 0.15) is 29.3 Å². The number of ether oxygens (including phenoxy) is 2. The highest BCUT2D eigenvalue weighted by Gasteiger charge is 2.18. The summed E-state index contributed by atoms with van der Waals surface area (Å²) in [6.45, 7) is 2.43. The summed E-state index contributed by atoms with van der Waals surface area (Å²) < 4.78 is 38.0. The molecule has 0 radical (unpaired) electrons. The van der Waals surface area contributed by atoms with Gasteiger partial charge in [-0.3, -0.25) is 4.79 Å². The fourth-order valence-electron chi connectivity index (χ4n) is 2.21. The molecule has 26 heavy (non-hydrogen) atoms.